The van der Waals surface area contributed by atoms with Crippen LogP contribution in [0, 0.1) is 6.92 Å². The van der Waals surface area contributed by atoms with Crippen LogP contribution >= 0.6 is 11.3 Å². The molecule has 6 heteroatoms. The minimum absolute atomic E-state index is 0.0175. The van der Waals surface area contributed by atoms with Crippen molar-refractivity contribution in [1.29, 1.82) is 0 Å². The van der Waals surface area contributed by atoms with Gasteiger partial charge in [0.15, 0.2) is 0 Å². The average molecular weight is 376 g/mol. The van der Waals surface area contributed by atoms with E-state index in [1.807, 2.05) is 52.8 Å². The molecule has 0 spiro atoms. The second-order valence-corrected chi connectivity index (χ2v) is 8.19. The summed E-state index contributed by atoms with van der Waals surface area (Å²) in [5.41, 5.74) is 3.47. The highest BCUT2D eigenvalue weighted by atomic mass is 32.1. The third-order valence-electron chi connectivity index (χ3n) is 5.28. The van der Waals surface area contributed by atoms with Crippen LogP contribution in [0.25, 0.3) is 15.9 Å². The molecule has 4 aromatic rings. The number of piperidine rings is 1. The zero-order valence-corrected chi connectivity index (χ0v) is 15.9. The molecule has 0 bridgehead atoms. The van der Waals surface area contributed by atoms with Gasteiger partial charge < -0.3 is 9.30 Å². The van der Waals surface area contributed by atoms with E-state index in [-0.39, 0.29) is 5.91 Å². The Hall–Kier alpha value is -2.73. The Labute approximate surface area is 161 Å². The summed E-state index contributed by atoms with van der Waals surface area (Å²) >= 11 is 1.75. The molecule has 3 aromatic heterocycles. The van der Waals surface area contributed by atoms with Crippen LogP contribution < -0.4 is 0 Å². The molecule has 1 aliphatic heterocycles. The maximum Gasteiger partial charge on any atom is 0.274 e. The molecule has 27 heavy (non-hydrogen) atoms. The molecule has 0 aliphatic carbocycles. The van der Waals surface area contributed by atoms with Gasteiger partial charge in [-0.2, -0.15) is 0 Å². The van der Waals surface area contributed by atoms with Crippen LogP contribution in [0.5, 0.6) is 0 Å². The minimum Gasteiger partial charge on any atom is -0.337 e. The maximum absolute atomic E-state index is 13.1. The zero-order valence-electron chi connectivity index (χ0n) is 15.1. The first kappa shape index (κ1) is 16.4. The lowest BCUT2D eigenvalue weighted by Gasteiger charge is -2.31. The van der Waals surface area contributed by atoms with Crippen molar-refractivity contribution in [3.8, 4) is 0 Å². The van der Waals surface area contributed by atoms with Crippen molar-refractivity contribution >= 4 is 33.1 Å². The average Bonchev–Trinajstić information content (AvgIpc) is 3.32. The summed E-state index contributed by atoms with van der Waals surface area (Å²) in [6.45, 7) is 3.52. The van der Waals surface area contributed by atoms with E-state index in [1.165, 1.54) is 4.70 Å². The van der Waals surface area contributed by atoms with Crippen LogP contribution in [0.4, 0.5) is 0 Å². The highest BCUT2D eigenvalue weighted by Crippen LogP contribution is 2.33. The Morgan fingerprint density at radius 3 is 2.89 bits per heavy atom. The molecule has 1 atom stereocenters. The lowest BCUT2D eigenvalue weighted by Crippen LogP contribution is -2.39. The van der Waals surface area contributed by atoms with E-state index in [4.69, 9.17) is 4.98 Å². The number of carbonyl (C=O) groups excluding carboxylic acids is 1. The predicted molar refractivity (Wildman–Crippen MR) is 107 cm³/mol. The van der Waals surface area contributed by atoms with Gasteiger partial charge in [-0.05, 0) is 44.0 Å². The van der Waals surface area contributed by atoms with Crippen molar-refractivity contribution in [2.24, 2.45) is 0 Å². The van der Waals surface area contributed by atoms with Crippen molar-refractivity contribution in [3.05, 3.63) is 65.1 Å². The molecule has 136 valence electrons. The van der Waals surface area contributed by atoms with Crippen LogP contribution in [0.2, 0.25) is 0 Å². The number of likely N-dealkylation sites (tertiary alicyclic amines) is 1. The van der Waals surface area contributed by atoms with Gasteiger partial charge in [-0.3, -0.25) is 4.79 Å². The van der Waals surface area contributed by atoms with E-state index >= 15 is 0 Å². The number of pyridine rings is 1. The van der Waals surface area contributed by atoms with E-state index in [0.29, 0.717) is 18.2 Å². The standard InChI is InChI=1S/C21H20N4OS/c1-14-6-4-10-19-22-17(13-25(14)19)21(26)24-11-5-7-15(12-24)20-23-16-8-2-3-9-18(16)27-20/h2-4,6,8-10,13,15H,5,7,11-12H2,1H3/t15-/m1/s1. The first-order valence-electron chi connectivity index (χ1n) is 9.28. The van der Waals surface area contributed by atoms with Crippen molar-refractivity contribution in [3.63, 3.8) is 0 Å². The molecule has 4 heterocycles. The fourth-order valence-corrected chi connectivity index (χ4v) is 4.93. The van der Waals surface area contributed by atoms with Crippen LogP contribution in [0.1, 0.15) is 39.9 Å². The highest BCUT2D eigenvalue weighted by molar-refractivity contribution is 7.18. The van der Waals surface area contributed by atoms with E-state index in [2.05, 4.69) is 17.1 Å². The second kappa shape index (κ2) is 6.46. The predicted octanol–water partition coefficient (Wildman–Crippen LogP) is 4.27. The van der Waals surface area contributed by atoms with E-state index in [9.17, 15) is 4.79 Å². The smallest absolute Gasteiger partial charge is 0.274 e. The quantitative estimate of drug-likeness (QED) is 0.525. The molecule has 5 nitrogen and oxygen atoms in total. The zero-order chi connectivity index (χ0) is 18.4. The third-order valence-corrected chi connectivity index (χ3v) is 6.48. The van der Waals surface area contributed by atoms with E-state index < -0.39 is 0 Å². The number of imidazole rings is 1. The van der Waals surface area contributed by atoms with Crippen molar-refractivity contribution in [1.82, 2.24) is 19.3 Å². The topological polar surface area (TPSA) is 50.5 Å². The largest absolute Gasteiger partial charge is 0.337 e. The molecule has 0 saturated carbocycles. The molecule has 1 fully saturated rings. The number of benzene rings is 1. The molecular formula is C21H20N4OS. The van der Waals surface area contributed by atoms with Crippen molar-refractivity contribution in [2.75, 3.05) is 13.1 Å². The third kappa shape index (κ3) is 2.90. The fourth-order valence-electron chi connectivity index (χ4n) is 3.84. The monoisotopic (exact) mass is 376 g/mol. The van der Waals surface area contributed by atoms with Gasteiger partial charge in [-0.25, -0.2) is 9.97 Å². The lowest BCUT2D eigenvalue weighted by molar-refractivity contribution is 0.0702. The molecule has 5 rings (SSSR count). The van der Waals surface area contributed by atoms with Gasteiger partial charge >= 0.3 is 0 Å². The number of rotatable bonds is 2. The maximum atomic E-state index is 13.1. The summed E-state index contributed by atoms with van der Waals surface area (Å²) in [6.07, 6.45) is 3.93. The molecular weight excluding hydrogens is 356 g/mol. The van der Waals surface area contributed by atoms with Gasteiger partial charge in [0.05, 0.1) is 15.2 Å². The Morgan fingerprint density at radius 1 is 1.15 bits per heavy atom. The van der Waals surface area contributed by atoms with Crippen LogP contribution in [0.15, 0.2) is 48.7 Å². The lowest BCUT2D eigenvalue weighted by atomic mass is 9.98. The van der Waals surface area contributed by atoms with Gasteiger partial charge in [0.25, 0.3) is 5.91 Å². The number of hydrogen-bond acceptors (Lipinski definition) is 4. The van der Waals surface area contributed by atoms with E-state index in [1.54, 1.807) is 11.3 Å². The summed E-state index contributed by atoms with van der Waals surface area (Å²) in [6, 6.07) is 14.2. The number of carbonyl (C=O) groups is 1. The number of aryl methyl sites for hydroxylation is 1. The Kier molecular flexibility index (Phi) is 3.93. The second-order valence-electron chi connectivity index (χ2n) is 7.13. The molecule has 1 saturated heterocycles. The van der Waals surface area contributed by atoms with Gasteiger partial charge in [-0.1, -0.05) is 18.2 Å². The first-order valence-corrected chi connectivity index (χ1v) is 10.1. The summed E-state index contributed by atoms with van der Waals surface area (Å²) in [4.78, 5) is 24.4. The van der Waals surface area contributed by atoms with Gasteiger partial charge in [0.1, 0.15) is 11.3 Å². The minimum atomic E-state index is 0.0175. The molecule has 1 amide bonds. The molecule has 0 radical (unpaired) electrons. The Balaban J connectivity index is 1.41. The van der Waals surface area contributed by atoms with E-state index in [0.717, 1.165) is 41.3 Å². The van der Waals surface area contributed by atoms with Gasteiger partial charge in [0.2, 0.25) is 0 Å². The summed E-state index contributed by atoms with van der Waals surface area (Å²) < 4.78 is 3.19. The van der Waals surface area contributed by atoms with Crippen LogP contribution in [-0.2, 0) is 0 Å². The van der Waals surface area contributed by atoms with Crippen LogP contribution in [-0.4, -0.2) is 38.3 Å². The first-order chi connectivity index (χ1) is 13.2. The molecule has 0 unspecified atom stereocenters. The Morgan fingerprint density at radius 2 is 2.04 bits per heavy atom. The summed E-state index contributed by atoms with van der Waals surface area (Å²) in [7, 11) is 0. The Bertz CT molecular complexity index is 1110. The molecule has 1 aromatic carbocycles. The number of aromatic nitrogens is 3. The number of para-hydroxylation sites is 1. The van der Waals surface area contributed by atoms with Crippen molar-refractivity contribution in [2.45, 2.75) is 25.7 Å². The fraction of sp³-hybridized carbons (Fsp3) is 0.286. The normalized spacial score (nSPS) is 17.7. The van der Waals surface area contributed by atoms with Crippen molar-refractivity contribution < 1.29 is 4.79 Å². The SMILES string of the molecule is Cc1cccc2nc(C(=O)N3CCC[C@@H](c4nc5ccccc5s4)C3)cn12. The summed E-state index contributed by atoms with van der Waals surface area (Å²) in [5.74, 6) is 0.322. The highest BCUT2D eigenvalue weighted by Gasteiger charge is 2.28. The summed E-state index contributed by atoms with van der Waals surface area (Å²) in [5, 5.41) is 1.14. The van der Waals surface area contributed by atoms with Gasteiger partial charge in [0, 0.05) is 30.9 Å². The molecule has 0 N–H and O–H groups in total. The van der Waals surface area contributed by atoms with Crippen LogP contribution in [0.3, 0.4) is 0 Å². The number of fused-ring (bicyclic) bond motifs is 2. The number of nitrogens with zero attached hydrogens (tertiary/aromatic N) is 4. The van der Waals surface area contributed by atoms with Gasteiger partial charge in [-0.15, -0.1) is 11.3 Å². The number of amides is 1. The molecule has 1 aliphatic rings. The number of hydrogen-bond donors (Lipinski definition) is 0. The number of thiazole rings is 1.